The summed E-state index contributed by atoms with van der Waals surface area (Å²) in [6, 6.07) is 5.12. The maximum Gasteiger partial charge on any atom is 0.195 e. The molecule has 14 heavy (non-hydrogen) atoms. The van der Waals surface area contributed by atoms with Crippen LogP contribution in [-0.4, -0.2) is 4.98 Å². The van der Waals surface area contributed by atoms with Gasteiger partial charge in [0.1, 0.15) is 11.9 Å². The van der Waals surface area contributed by atoms with Crippen LogP contribution in [0.3, 0.4) is 0 Å². The highest BCUT2D eigenvalue weighted by Gasteiger charge is 2.07. The van der Waals surface area contributed by atoms with Gasteiger partial charge in [0.15, 0.2) is 5.01 Å². The van der Waals surface area contributed by atoms with E-state index in [4.69, 9.17) is 5.26 Å². The number of halogens is 1. The Morgan fingerprint density at radius 2 is 2.36 bits per heavy atom. The van der Waals surface area contributed by atoms with Gasteiger partial charge in [-0.1, -0.05) is 6.92 Å². The third kappa shape index (κ3) is 1.36. The number of hydrogen-bond acceptors (Lipinski definition) is 3. The molecule has 0 radical (unpaired) electrons. The lowest BCUT2D eigenvalue weighted by atomic mass is 10.1. The van der Waals surface area contributed by atoms with Crippen LogP contribution in [-0.2, 0) is 6.42 Å². The van der Waals surface area contributed by atoms with Gasteiger partial charge >= 0.3 is 0 Å². The van der Waals surface area contributed by atoms with Crippen molar-refractivity contribution >= 4 is 21.6 Å². The highest BCUT2D eigenvalue weighted by Crippen LogP contribution is 2.24. The normalized spacial score (nSPS) is 10.4. The summed E-state index contributed by atoms with van der Waals surface area (Å²) in [5.41, 5.74) is 1.24. The van der Waals surface area contributed by atoms with Gasteiger partial charge in [-0.3, -0.25) is 0 Å². The zero-order valence-electron chi connectivity index (χ0n) is 7.54. The number of aryl methyl sites for hydroxylation is 1. The molecule has 0 atom stereocenters. The Morgan fingerprint density at radius 3 is 3.00 bits per heavy atom. The molecule has 0 saturated heterocycles. The summed E-state index contributed by atoms with van der Waals surface area (Å²) in [6.45, 7) is 1.90. The van der Waals surface area contributed by atoms with E-state index in [0.717, 1.165) is 4.70 Å². The van der Waals surface area contributed by atoms with E-state index in [-0.39, 0.29) is 5.82 Å². The van der Waals surface area contributed by atoms with Gasteiger partial charge in [0.2, 0.25) is 0 Å². The molecular formula is C10H7FN2S. The van der Waals surface area contributed by atoms with E-state index >= 15 is 0 Å². The van der Waals surface area contributed by atoms with E-state index < -0.39 is 0 Å². The lowest BCUT2D eigenvalue weighted by molar-refractivity contribution is 0.614. The molecule has 0 aliphatic carbocycles. The summed E-state index contributed by atoms with van der Waals surface area (Å²) >= 11 is 1.30. The van der Waals surface area contributed by atoms with Crippen LogP contribution in [0.4, 0.5) is 4.39 Å². The monoisotopic (exact) mass is 206 g/mol. The van der Waals surface area contributed by atoms with Gasteiger partial charge in [-0.2, -0.15) is 5.26 Å². The Bertz CT molecular complexity index is 525. The second-order valence-corrected chi connectivity index (χ2v) is 3.93. The number of nitrogens with zero attached hydrogens (tertiary/aromatic N) is 2. The highest BCUT2D eigenvalue weighted by atomic mass is 32.1. The van der Waals surface area contributed by atoms with Crippen LogP contribution in [0, 0.1) is 17.1 Å². The van der Waals surface area contributed by atoms with Gasteiger partial charge in [0, 0.05) is 6.07 Å². The molecule has 4 heteroatoms. The molecule has 70 valence electrons. The van der Waals surface area contributed by atoms with Gasteiger partial charge < -0.3 is 0 Å². The van der Waals surface area contributed by atoms with E-state index in [1.54, 1.807) is 6.07 Å². The van der Waals surface area contributed by atoms with Gasteiger partial charge in [-0.05, 0) is 18.1 Å². The summed E-state index contributed by atoms with van der Waals surface area (Å²) < 4.78 is 14.2. The van der Waals surface area contributed by atoms with Crippen LogP contribution in [0.5, 0.6) is 0 Å². The van der Waals surface area contributed by atoms with Crippen molar-refractivity contribution < 1.29 is 4.39 Å². The van der Waals surface area contributed by atoms with Crippen LogP contribution in [0.2, 0.25) is 0 Å². The smallest absolute Gasteiger partial charge is 0.195 e. The molecule has 1 aromatic carbocycles. The summed E-state index contributed by atoms with van der Waals surface area (Å²) in [4.78, 5) is 3.98. The Balaban J connectivity index is 2.71. The van der Waals surface area contributed by atoms with Crippen molar-refractivity contribution in [3.05, 3.63) is 28.5 Å². The standard InChI is InChI=1S/C10H7FN2S/c1-2-6-3-9-8(4-7(6)11)13-10(5-12)14-9/h3-4H,2H2,1H3. The lowest BCUT2D eigenvalue weighted by Crippen LogP contribution is -1.86. The first-order valence-electron chi connectivity index (χ1n) is 4.23. The largest absolute Gasteiger partial charge is 0.226 e. The first-order valence-corrected chi connectivity index (χ1v) is 5.05. The van der Waals surface area contributed by atoms with E-state index in [1.165, 1.54) is 17.4 Å². The quantitative estimate of drug-likeness (QED) is 0.719. The first kappa shape index (κ1) is 9.10. The lowest BCUT2D eigenvalue weighted by Gasteiger charge is -1.97. The SMILES string of the molecule is CCc1cc2sc(C#N)nc2cc1F. The summed E-state index contributed by atoms with van der Waals surface area (Å²) in [7, 11) is 0. The molecule has 0 unspecified atom stereocenters. The zero-order chi connectivity index (χ0) is 10.1. The second-order valence-electron chi connectivity index (χ2n) is 2.90. The number of nitriles is 1. The Kier molecular flexibility index (Phi) is 2.18. The average molecular weight is 206 g/mol. The Hall–Kier alpha value is -1.47. The van der Waals surface area contributed by atoms with Crippen molar-refractivity contribution in [3.8, 4) is 6.07 Å². The predicted molar refractivity (Wildman–Crippen MR) is 53.7 cm³/mol. The van der Waals surface area contributed by atoms with Crippen molar-refractivity contribution in [1.29, 1.82) is 5.26 Å². The van der Waals surface area contributed by atoms with Crippen molar-refractivity contribution in [2.24, 2.45) is 0 Å². The first-order chi connectivity index (χ1) is 6.74. The van der Waals surface area contributed by atoms with Gasteiger partial charge in [-0.15, -0.1) is 11.3 Å². The van der Waals surface area contributed by atoms with E-state index in [9.17, 15) is 4.39 Å². The van der Waals surface area contributed by atoms with E-state index in [2.05, 4.69) is 4.98 Å². The molecule has 1 heterocycles. The molecule has 0 bridgehead atoms. The Morgan fingerprint density at radius 1 is 1.57 bits per heavy atom. The molecule has 0 aliphatic heterocycles. The average Bonchev–Trinajstić information content (AvgIpc) is 2.58. The molecule has 1 aromatic heterocycles. The fourth-order valence-corrected chi connectivity index (χ4v) is 2.12. The summed E-state index contributed by atoms with van der Waals surface area (Å²) in [5, 5.41) is 9.02. The second kappa shape index (κ2) is 3.35. The minimum absolute atomic E-state index is 0.241. The third-order valence-electron chi connectivity index (χ3n) is 2.03. The predicted octanol–water partition coefficient (Wildman–Crippen LogP) is 2.87. The highest BCUT2D eigenvalue weighted by molar-refractivity contribution is 7.19. The molecule has 2 rings (SSSR count). The van der Waals surface area contributed by atoms with Gasteiger partial charge in [-0.25, -0.2) is 9.37 Å². The maximum atomic E-state index is 13.3. The number of benzene rings is 1. The maximum absolute atomic E-state index is 13.3. The number of fused-ring (bicyclic) bond motifs is 1. The number of aromatic nitrogens is 1. The van der Waals surface area contributed by atoms with Crippen LogP contribution < -0.4 is 0 Å². The van der Waals surface area contributed by atoms with Crippen LogP contribution in [0.1, 0.15) is 17.5 Å². The molecule has 2 nitrogen and oxygen atoms in total. The van der Waals surface area contributed by atoms with Crippen molar-refractivity contribution in [3.63, 3.8) is 0 Å². The molecular weight excluding hydrogens is 199 g/mol. The van der Waals surface area contributed by atoms with Crippen molar-refractivity contribution in [1.82, 2.24) is 4.98 Å². The Labute approximate surface area is 84.6 Å². The molecule has 0 fully saturated rings. The van der Waals surface area contributed by atoms with Crippen molar-refractivity contribution in [2.45, 2.75) is 13.3 Å². The fraction of sp³-hybridized carbons (Fsp3) is 0.200. The topological polar surface area (TPSA) is 36.7 Å². The molecule has 0 N–H and O–H groups in total. The van der Waals surface area contributed by atoms with Crippen molar-refractivity contribution in [2.75, 3.05) is 0 Å². The van der Waals surface area contributed by atoms with Crippen LogP contribution in [0.25, 0.3) is 10.2 Å². The molecule has 0 saturated carbocycles. The summed E-state index contributed by atoms with van der Waals surface area (Å²) in [6.07, 6.45) is 0.654. The molecule has 2 aromatic rings. The minimum atomic E-state index is -0.241. The van der Waals surface area contributed by atoms with E-state index in [1.807, 2.05) is 13.0 Å². The molecule has 0 aliphatic rings. The molecule has 0 spiro atoms. The number of hydrogen-bond donors (Lipinski definition) is 0. The number of rotatable bonds is 1. The van der Waals surface area contributed by atoms with Crippen LogP contribution in [0.15, 0.2) is 12.1 Å². The van der Waals surface area contributed by atoms with E-state index in [0.29, 0.717) is 22.5 Å². The third-order valence-corrected chi connectivity index (χ3v) is 2.96. The number of thiazole rings is 1. The van der Waals surface area contributed by atoms with Gasteiger partial charge in [0.05, 0.1) is 10.2 Å². The summed E-state index contributed by atoms with van der Waals surface area (Å²) in [5.74, 6) is -0.241. The fourth-order valence-electron chi connectivity index (χ4n) is 1.31. The van der Waals surface area contributed by atoms with Crippen LogP contribution >= 0.6 is 11.3 Å². The molecule has 0 amide bonds. The van der Waals surface area contributed by atoms with Gasteiger partial charge in [0.25, 0.3) is 0 Å². The zero-order valence-corrected chi connectivity index (χ0v) is 8.36. The minimum Gasteiger partial charge on any atom is -0.226 e.